The van der Waals surface area contributed by atoms with Gasteiger partial charge in [0.1, 0.15) is 0 Å². The van der Waals surface area contributed by atoms with Crippen LogP contribution in [0.5, 0.6) is 0 Å². The minimum absolute atomic E-state index is 0.0200. The van der Waals surface area contributed by atoms with Crippen LogP contribution >= 0.6 is 23.8 Å². The molecule has 154 valence electrons. The summed E-state index contributed by atoms with van der Waals surface area (Å²) < 4.78 is 0. The minimum Gasteiger partial charge on any atom is -0.332 e. The normalized spacial score (nSPS) is 12.5. The molecule has 0 saturated carbocycles. The first kappa shape index (κ1) is 20.7. The number of hydrogen-bond acceptors (Lipinski definition) is 4. The van der Waals surface area contributed by atoms with E-state index in [0.29, 0.717) is 16.4 Å². The Labute approximate surface area is 188 Å². The van der Waals surface area contributed by atoms with Crippen molar-refractivity contribution in [3.05, 3.63) is 94.0 Å². The van der Waals surface area contributed by atoms with Crippen molar-refractivity contribution in [2.24, 2.45) is 0 Å². The maximum absolute atomic E-state index is 13.0. The second-order valence-corrected chi connectivity index (χ2v) is 7.72. The Hall–Kier alpha value is -3.55. The minimum atomic E-state index is -0.483. The Morgan fingerprint density at radius 2 is 1.71 bits per heavy atom. The second kappa shape index (κ2) is 8.29. The molecule has 8 heteroatoms. The van der Waals surface area contributed by atoms with Gasteiger partial charge in [-0.15, -0.1) is 0 Å². The van der Waals surface area contributed by atoms with E-state index in [1.165, 1.54) is 0 Å². The van der Waals surface area contributed by atoms with E-state index in [2.05, 4.69) is 10.6 Å². The Kier molecular flexibility index (Phi) is 5.54. The fourth-order valence-electron chi connectivity index (χ4n) is 3.33. The number of rotatable bonds is 3. The fraction of sp³-hybridized carbons (Fsp3) is 0.0435. The van der Waals surface area contributed by atoms with Crippen LogP contribution in [0.4, 0.5) is 11.4 Å². The number of nitrogens with zero attached hydrogens (tertiary/aromatic N) is 1. The molecule has 31 heavy (non-hydrogen) atoms. The highest BCUT2D eigenvalue weighted by Gasteiger charge is 2.38. The highest BCUT2D eigenvalue weighted by atomic mass is 35.5. The lowest BCUT2D eigenvalue weighted by Gasteiger charge is -2.14. The zero-order valence-corrected chi connectivity index (χ0v) is 17.9. The number of benzene rings is 3. The van der Waals surface area contributed by atoms with Crippen LogP contribution in [0.1, 0.15) is 36.6 Å². The molecular weight excluding hydrogens is 434 g/mol. The van der Waals surface area contributed by atoms with Crippen LogP contribution in [0.25, 0.3) is 0 Å². The maximum atomic E-state index is 13.0. The monoisotopic (exact) mass is 449 g/mol. The topological polar surface area (TPSA) is 78.5 Å². The van der Waals surface area contributed by atoms with Gasteiger partial charge in [-0.2, -0.15) is 0 Å². The molecule has 3 aromatic carbocycles. The van der Waals surface area contributed by atoms with Crippen molar-refractivity contribution in [1.82, 2.24) is 5.32 Å². The summed E-state index contributed by atoms with van der Waals surface area (Å²) in [5.41, 5.74) is 2.46. The Morgan fingerprint density at radius 3 is 2.42 bits per heavy atom. The van der Waals surface area contributed by atoms with Crippen molar-refractivity contribution in [1.29, 1.82) is 0 Å². The first-order valence-electron chi connectivity index (χ1n) is 9.32. The van der Waals surface area contributed by atoms with Crippen molar-refractivity contribution >= 4 is 58.0 Å². The molecule has 0 fully saturated rings. The van der Waals surface area contributed by atoms with Gasteiger partial charge >= 0.3 is 0 Å². The summed E-state index contributed by atoms with van der Waals surface area (Å²) in [7, 11) is 0. The predicted molar refractivity (Wildman–Crippen MR) is 124 cm³/mol. The van der Waals surface area contributed by atoms with Gasteiger partial charge in [0.05, 0.1) is 33.1 Å². The van der Waals surface area contributed by atoms with Crippen molar-refractivity contribution in [3.63, 3.8) is 0 Å². The molecule has 0 radical (unpaired) electrons. The van der Waals surface area contributed by atoms with E-state index in [-0.39, 0.29) is 21.8 Å². The Bertz CT molecular complexity index is 1240. The molecule has 6 nitrogen and oxygen atoms in total. The number of aryl methyl sites for hydroxylation is 1. The van der Waals surface area contributed by atoms with E-state index >= 15 is 0 Å². The summed E-state index contributed by atoms with van der Waals surface area (Å²) in [6.07, 6.45) is 0. The molecule has 0 saturated heterocycles. The molecule has 0 atom stereocenters. The maximum Gasteiger partial charge on any atom is 0.268 e. The van der Waals surface area contributed by atoms with Crippen molar-refractivity contribution in [2.45, 2.75) is 6.92 Å². The Balaban J connectivity index is 1.57. The summed E-state index contributed by atoms with van der Waals surface area (Å²) in [4.78, 5) is 39.5. The molecule has 0 unspecified atom stereocenters. The SMILES string of the molecule is Cc1ccc(C(=O)NC(=S)Nc2cccc3c2C(=O)N(c2ccccc2)C3=O)c(Cl)c1. The van der Waals surface area contributed by atoms with E-state index in [4.69, 9.17) is 23.8 Å². The number of carbonyl (C=O) groups excluding carboxylic acids is 3. The molecule has 0 spiro atoms. The number of fused-ring (bicyclic) bond motifs is 1. The number of hydrogen-bond donors (Lipinski definition) is 2. The van der Waals surface area contributed by atoms with Crippen LogP contribution in [0.3, 0.4) is 0 Å². The zero-order chi connectivity index (χ0) is 22.1. The van der Waals surface area contributed by atoms with Gasteiger partial charge < -0.3 is 5.32 Å². The van der Waals surface area contributed by atoms with Gasteiger partial charge in [-0.05, 0) is 61.1 Å². The van der Waals surface area contributed by atoms with Crippen LogP contribution in [0.15, 0.2) is 66.7 Å². The number of carbonyl (C=O) groups is 3. The lowest BCUT2D eigenvalue weighted by Crippen LogP contribution is -2.35. The highest BCUT2D eigenvalue weighted by molar-refractivity contribution is 7.80. The van der Waals surface area contributed by atoms with Gasteiger partial charge in [0, 0.05) is 0 Å². The van der Waals surface area contributed by atoms with Crippen LogP contribution in [0, 0.1) is 6.92 Å². The number of halogens is 1. The molecule has 2 N–H and O–H groups in total. The van der Waals surface area contributed by atoms with Gasteiger partial charge in [-0.3, -0.25) is 19.7 Å². The van der Waals surface area contributed by atoms with Crippen LogP contribution in [0.2, 0.25) is 5.02 Å². The molecular formula is C23H16ClN3O3S. The summed E-state index contributed by atoms with van der Waals surface area (Å²) in [6.45, 7) is 1.87. The van der Waals surface area contributed by atoms with Crippen LogP contribution in [-0.2, 0) is 0 Å². The van der Waals surface area contributed by atoms with Gasteiger partial charge in [0.25, 0.3) is 17.7 Å². The van der Waals surface area contributed by atoms with E-state index in [1.54, 1.807) is 66.7 Å². The van der Waals surface area contributed by atoms with Gasteiger partial charge in [0.2, 0.25) is 0 Å². The van der Waals surface area contributed by atoms with E-state index in [0.717, 1.165) is 10.5 Å². The third kappa shape index (κ3) is 3.93. The molecule has 1 heterocycles. The highest BCUT2D eigenvalue weighted by Crippen LogP contribution is 2.32. The molecule has 0 aromatic heterocycles. The standard InChI is InChI=1S/C23H16ClN3O3S/c1-13-10-11-15(17(24)12-13)20(28)26-23(31)25-18-9-5-8-16-19(18)22(30)27(21(16)29)14-6-3-2-4-7-14/h2-12H,1H3,(H2,25,26,28,31). The molecule has 0 aliphatic carbocycles. The smallest absolute Gasteiger partial charge is 0.268 e. The lowest BCUT2D eigenvalue weighted by atomic mass is 10.1. The number of anilines is 2. The molecule has 0 bridgehead atoms. The number of nitrogens with one attached hydrogen (secondary N) is 2. The van der Waals surface area contributed by atoms with Crippen molar-refractivity contribution < 1.29 is 14.4 Å². The quantitative estimate of drug-likeness (QED) is 0.452. The van der Waals surface area contributed by atoms with Crippen molar-refractivity contribution in [3.8, 4) is 0 Å². The van der Waals surface area contributed by atoms with Gasteiger partial charge in [-0.25, -0.2) is 4.90 Å². The first-order valence-corrected chi connectivity index (χ1v) is 10.1. The van der Waals surface area contributed by atoms with E-state index in [9.17, 15) is 14.4 Å². The summed E-state index contributed by atoms with van der Waals surface area (Å²) >= 11 is 11.4. The Morgan fingerprint density at radius 1 is 0.968 bits per heavy atom. The lowest BCUT2D eigenvalue weighted by molar-refractivity contribution is 0.0924. The number of amides is 3. The molecule has 3 aromatic rings. The third-order valence-corrected chi connectivity index (χ3v) is 5.29. The predicted octanol–water partition coefficient (Wildman–Crippen LogP) is 4.58. The molecule has 4 rings (SSSR count). The molecule has 3 amide bonds. The molecule has 1 aliphatic rings. The van der Waals surface area contributed by atoms with E-state index < -0.39 is 17.7 Å². The molecule has 1 aliphatic heterocycles. The van der Waals surface area contributed by atoms with Crippen LogP contribution < -0.4 is 15.5 Å². The summed E-state index contributed by atoms with van der Waals surface area (Å²) in [6, 6.07) is 18.6. The largest absolute Gasteiger partial charge is 0.332 e. The van der Waals surface area contributed by atoms with Crippen LogP contribution in [-0.4, -0.2) is 22.8 Å². The fourth-order valence-corrected chi connectivity index (χ4v) is 3.85. The average molecular weight is 450 g/mol. The van der Waals surface area contributed by atoms with Gasteiger partial charge in [-0.1, -0.05) is 41.9 Å². The first-order chi connectivity index (χ1) is 14.9. The number of para-hydroxylation sites is 1. The van der Waals surface area contributed by atoms with E-state index in [1.807, 2.05) is 6.92 Å². The average Bonchev–Trinajstić information content (AvgIpc) is 2.99. The number of thiocarbonyl (C=S) groups is 1. The summed E-state index contributed by atoms with van der Waals surface area (Å²) in [5, 5.41) is 5.69. The van der Waals surface area contributed by atoms with Gasteiger partial charge in [0.15, 0.2) is 5.11 Å². The third-order valence-electron chi connectivity index (χ3n) is 4.77. The summed E-state index contributed by atoms with van der Waals surface area (Å²) in [5.74, 6) is -1.37. The second-order valence-electron chi connectivity index (χ2n) is 6.90. The van der Waals surface area contributed by atoms with Crippen molar-refractivity contribution in [2.75, 3.05) is 10.2 Å². The zero-order valence-electron chi connectivity index (χ0n) is 16.3. The number of imide groups is 1.